The molecule has 2 atom stereocenters. The molecule has 0 aliphatic carbocycles. The van der Waals surface area contributed by atoms with Gasteiger partial charge in [-0.1, -0.05) is 26.7 Å². The van der Waals surface area contributed by atoms with Crippen molar-refractivity contribution >= 4 is 15.9 Å². The van der Waals surface area contributed by atoms with Crippen LogP contribution in [0.1, 0.15) is 39.5 Å². The summed E-state index contributed by atoms with van der Waals surface area (Å²) in [6, 6.07) is -0.310. The van der Waals surface area contributed by atoms with E-state index in [1.54, 1.807) is 0 Å². The lowest BCUT2D eigenvalue weighted by Crippen LogP contribution is -2.58. The zero-order valence-electron chi connectivity index (χ0n) is 15.7. The number of carbonyl (C=O) groups is 1. The molecule has 25 heavy (non-hydrogen) atoms. The number of hydrogen-bond acceptors (Lipinski definition) is 5. The maximum absolute atomic E-state index is 13.3. The Morgan fingerprint density at radius 3 is 2.40 bits per heavy atom. The van der Waals surface area contributed by atoms with Gasteiger partial charge in [-0.2, -0.15) is 0 Å². The summed E-state index contributed by atoms with van der Waals surface area (Å²) in [5.74, 6) is 0.462. The van der Waals surface area contributed by atoms with Crippen LogP contribution in [0.2, 0.25) is 0 Å². The molecule has 2 rings (SSSR count). The molecule has 0 bridgehead atoms. The summed E-state index contributed by atoms with van der Waals surface area (Å²) in [6.45, 7) is 8.36. The molecule has 0 radical (unpaired) electrons. The minimum absolute atomic E-state index is 0.129. The van der Waals surface area contributed by atoms with Crippen LogP contribution in [0.15, 0.2) is 0 Å². The van der Waals surface area contributed by atoms with Crippen LogP contribution >= 0.6 is 0 Å². The van der Waals surface area contributed by atoms with Gasteiger partial charge in [0.15, 0.2) is 0 Å². The molecular formula is C17H33N3O4S. The largest absolute Gasteiger partial charge is 0.379 e. The fourth-order valence-corrected chi connectivity index (χ4v) is 4.81. The number of nitrogens with one attached hydrogen (secondary N) is 1. The lowest BCUT2D eigenvalue weighted by Gasteiger charge is -2.42. The first-order chi connectivity index (χ1) is 11.9. The number of morpholine rings is 1. The van der Waals surface area contributed by atoms with Gasteiger partial charge >= 0.3 is 0 Å². The second-order valence-corrected chi connectivity index (χ2v) is 8.96. The summed E-state index contributed by atoms with van der Waals surface area (Å²) in [5, 5.41) is 0. The highest BCUT2D eigenvalue weighted by molar-refractivity contribution is 7.88. The molecule has 2 heterocycles. The molecule has 146 valence electrons. The Labute approximate surface area is 152 Å². The third-order valence-corrected chi connectivity index (χ3v) is 6.06. The minimum atomic E-state index is -3.25. The van der Waals surface area contributed by atoms with Crippen LogP contribution in [-0.2, 0) is 19.6 Å². The van der Waals surface area contributed by atoms with E-state index in [1.807, 2.05) is 4.90 Å². The van der Waals surface area contributed by atoms with E-state index in [-0.39, 0.29) is 18.0 Å². The maximum atomic E-state index is 13.3. The normalized spacial score (nSPS) is 24.5. The van der Waals surface area contributed by atoms with E-state index in [0.29, 0.717) is 32.2 Å². The molecule has 2 aliphatic heterocycles. The van der Waals surface area contributed by atoms with Crippen molar-refractivity contribution in [1.29, 1.82) is 0 Å². The lowest BCUT2D eigenvalue weighted by atomic mass is 9.90. The second kappa shape index (κ2) is 9.30. The number of rotatable bonds is 7. The quantitative estimate of drug-likeness (QED) is 0.707. The van der Waals surface area contributed by atoms with Crippen molar-refractivity contribution in [3.8, 4) is 0 Å². The Morgan fingerprint density at radius 1 is 1.20 bits per heavy atom. The average molecular weight is 376 g/mol. The first kappa shape index (κ1) is 20.6. The number of nitrogens with zero attached hydrogens (tertiary/aromatic N) is 2. The predicted molar refractivity (Wildman–Crippen MR) is 97.8 cm³/mol. The van der Waals surface area contributed by atoms with Crippen molar-refractivity contribution in [3.63, 3.8) is 0 Å². The first-order valence-corrected chi connectivity index (χ1v) is 11.3. The number of sulfonamides is 1. The molecule has 2 saturated heterocycles. The number of likely N-dealkylation sites (tertiary alicyclic amines) is 1. The Balaban J connectivity index is 2.11. The van der Waals surface area contributed by atoms with Crippen LogP contribution in [0.25, 0.3) is 0 Å². The molecule has 1 amide bonds. The number of hydrogen-bond donors (Lipinski definition) is 1. The van der Waals surface area contributed by atoms with Crippen LogP contribution < -0.4 is 4.72 Å². The summed E-state index contributed by atoms with van der Waals surface area (Å²) < 4.78 is 31.2. The van der Waals surface area contributed by atoms with Crippen LogP contribution in [-0.4, -0.2) is 81.9 Å². The number of amides is 1. The van der Waals surface area contributed by atoms with Gasteiger partial charge < -0.3 is 9.64 Å². The summed E-state index contributed by atoms with van der Waals surface area (Å²) >= 11 is 0. The number of carbonyl (C=O) groups excluding carboxylic acids is 1. The Morgan fingerprint density at radius 2 is 1.84 bits per heavy atom. The van der Waals surface area contributed by atoms with E-state index in [9.17, 15) is 13.2 Å². The average Bonchev–Trinajstić information content (AvgIpc) is 2.58. The third-order valence-electron chi connectivity index (χ3n) is 5.30. The summed E-state index contributed by atoms with van der Waals surface area (Å²) in [4.78, 5) is 17.5. The van der Waals surface area contributed by atoms with Crippen LogP contribution in [0.5, 0.6) is 0 Å². The molecule has 0 saturated carbocycles. The molecule has 0 aromatic rings. The molecule has 7 nitrogen and oxygen atoms in total. The zero-order chi connectivity index (χ0) is 18.4. The van der Waals surface area contributed by atoms with Gasteiger partial charge in [0.1, 0.15) is 0 Å². The van der Waals surface area contributed by atoms with Crippen molar-refractivity contribution in [2.24, 2.45) is 5.92 Å². The van der Waals surface area contributed by atoms with E-state index >= 15 is 0 Å². The van der Waals surface area contributed by atoms with E-state index in [4.69, 9.17) is 4.74 Å². The van der Waals surface area contributed by atoms with Crippen LogP contribution in [0.4, 0.5) is 0 Å². The van der Waals surface area contributed by atoms with Gasteiger partial charge in [-0.15, -0.1) is 0 Å². The molecule has 0 spiro atoms. The third kappa shape index (κ3) is 5.91. The highest BCUT2D eigenvalue weighted by Gasteiger charge is 2.37. The maximum Gasteiger partial charge on any atom is 0.240 e. The Bertz CT molecular complexity index is 530. The fourth-order valence-electron chi connectivity index (χ4n) is 4.01. The molecule has 0 aromatic heterocycles. The highest BCUT2D eigenvalue weighted by atomic mass is 32.2. The molecule has 2 aliphatic rings. The van der Waals surface area contributed by atoms with Gasteiger partial charge in [-0.05, 0) is 18.8 Å². The smallest absolute Gasteiger partial charge is 0.240 e. The van der Waals surface area contributed by atoms with E-state index < -0.39 is 10.0 Å². The van der Waals surface area contributed by atoms with Gasteiger partial charge in [0, 0.05) is 32.2 Å². The fraction of sp³-hybridized carbons (Fsp3) is 0.941. The summed E-state index contributed by atoms with van der Waals surface area (Å²) in [7, 11) is -3.25. The SMILES string of the molecule is CCC(CC)[C@H](C(=O)N1CCC[C@H](NS(C)(=O)=O)C1)N1CCOCC1. The van der Waals surface area contributed by atoms with Crippen molar-refractivity contribution in [2.45, 2.75) is 51.6 Å². The topological polar surface area (TPSA) is 79.0 Å². The molecule has 8 heteroatoms. The van der Waals surface area contributed by atoms with Gasteiger partial charge in [0.2, 0.25) is 15.9 Å². The van der Waals surface area contributed by atoms with Gasteiger partial charge in [0.05, 0.1) is 25.5 Å². The van der Waals surface area contributed by atoms with Crippen LogP contribution in [0.3, 0.4) is 0 Å². The second-order valence-electron chi connectivity index (χ2n) is 7.18. The van der Waals surface area contributed by atoms with Gasteiger partial charge in [-0.3, -0.25) is 9.69 Å². The molecular weight excluding hydrogens is 342 g/mol. The standard InChI is InChI=1S/C17H33N3O4S/c1-4-14(5-2)16(19-9-11-24-12-10-19)17(21)20-8-6-7-15(13-20)18-25(3,22)23/h14-16,18H,4-13H2,1-3H3/t15-,16+/m0/s1. The molecule has 0 aromatic carbocycles. The lowest BCUT2D eigenvalue weighted by molar-refractivity contribution is -0.142. The molecule has 1 N–H and O–H groups in total. The summed E-state index contributed by atoms with van der Waals surface area (Å²) in [5.41, 5.74) is 0. The monoisotopic (exact) mass is 375 g/mol. The highest BCUT2D eigenvalue weighted by Crippen LogP contribution is 2.24. The van der Waals surface area contributed by atoms with Crippen molar-refractivity contribution < 1.29 is 17.9 Å². The van der Waals surface area contributed by atoms with Gasteiger partial charge in [-0.25, -0.2) is 13.1 Å². The van der Waals surface area contributed by atoms with Crippen molar-refractivity contribution in [2.75, 3.05) is 45.6 Å². The zero-order valence-corrected chi connectivity index (χ0v) is 16.6. The van der Waals surface area contributed by atoms with E-state index in [1.165, 1.54) is 6.26 Å². The van der Waals surface area contributed by atoms with E-state index in [2.05, 4.69) is 23.5 Å². The molecule has 0 unspecified atom stereocenters. The first-order valence-electron chi connectivity index (χ1n) is 9.43. The Kier molecular flexibility index (Phi) is 7.67. The Hall–Kier alpha value is -0.700. The van der Waals surface area contributed by atoms with Crippen molar-refractivity contribution in [3.05, 3.63) is 0 Å². The molecule has 2 fully saturated rings. The number of piperidine rings is 1. The summed E-state index contributed by atoms with van der Waals surface area (Å²) in [6.07, 6.45) is 4.71. The van der Waals surface area contributed by atoms with E-state index in [0.717, 1.165) is 38.8 Å². The van der Waals surface area contributed by atoms with Crippen LogP contribution in [0, 0.1) is 5.92 Å². The van der Waals surface area contributed by atoms with Crippen molar-refractivity contribution in [1.82, 2.24) is 14.5 Å². The van der Waals surface area contributed by atoms with Gasteiger partial charge in [0.25, 0.3) is 0 Å². The minimum Gasteiger partial charge on any atom is -0.379 e. The number of ether oxygens (including phenoxy) is 1. The predicted octanol–water partition coefficient (Wildman–Crippen LogP) is 0.664.